The standard InChI is InChI=1S/C14H15FN4O2/c1-8-5-9(2)19(14(21)17-8)7-13(20)18-12-4-3-10(15)6-11(12)16/h3-6H,7,16H2,1-2H3,(H,18,20). The van der Waals surface area contributed by atoms with E-state index in [9.17, 15) is 14.0 Å². The quantitative estimate of drug-likeness (QED) is 0.832. The van der Waals surface area contributed by atoms with Crippen molar-refractivity contribution in [2.75, 3.05) is 11.1 Å². The lowest BCUT2D eigenvalue weighted by Crippen LogP contribution is -2.31. The number of rotatable bonds is 3. The van der Waals surface area contributed by atoms with Gasteiger partial charge in [0.05, 0.1) is 11.4 Å². The van der Waals surface area contributed by atoms with Crippen LogP contribution in [0, 0.1) is 19.7 Å². The zero-order chi connectivity index (χ0) is 15.6. The third kappa shape index (κ3) is 3.44. The lowest BCUT2D eigenvalue weighted by atomic mass is 10.2. The van der Waals surface area contributed by atoms with E-state index < -0.39 is 17.4 Å². The Morgan fingerprint density at radius 1 is 1.38 bits per heavy atom. The van der Waals surface area contributed by atoms with Crippen LogP contribution in [0.4, 0.5) is 15.8 Å². The van der Waals surface area contributed by atoms with Crippen LogP contribution in [0.25, 0.3) is 0 Å². The Bertz CT molecular complexity index is 755. The first-order chi connectivity index (χ1) is 9.86. The largest absolute Gasteiger partial charge is 0.397 e. The summed E-state index contributed by atoms with van der Waals surface area (Å²) in [6.07, 6.45) is 0. The molecule has 0 unspecified atom stereocenters. The number of carbonyl (C=O) groups is 1. The molecule has 0 aliphatic rings. The molecule has 0 atom stereocenters. The number of amides is 1. The molecule has 21 heavy (non-hydrogen) atoms. The third-order valence-corrected chi connectivity index (χ3v) is 2.94. The highest BCUT2D eigenvalue weighted by atomic mass is 19.1. The van der Waals surface area contributed by atoms with Gasteiger partial charge in [-0.3, -0.25) is 9.36 Å². The molecule has 0 radical (unpaired) electrons. The molecule has 2 aromatic rings. The summed E-state index contributed by atoms with van der Waals surface area (Å²) >= 11 is 0. The Balaban J connectivity index is 2.18. The van der Waals surface area contributed by atoms with E-state index in [1.807, 2.05) is 0 Å². The summed E-state index contributed by atoms with van der Waals surface area (Å²) in [5, 5.41) is 2.54. The molecule has 1 aromatic heterocycles. The topological polar surface area (TPSA) is 90.0 Å². The Hall–Kier alpha value is -2.70. The Morgan fingerprint density at radius 2 is 2.10 bits per heavy atom. The van der Waals surface area contributed by atoms with Gasteiger partial charge in [0.25, 0.3) is 0 Å². The normalized spacial score (nSPS) is 10.4. The minimum atomic E-state index is -0.491. The van der Waals surface area contributed by atoms with Crippen molar-refractivity contribution in [3.05, 3.63) is 52.0 Å². The number of aromatic nitrogens is 2. The minimum absolute atomic E-state index is 0.120. The van der Waals surface area contributed by atoms with Gasteiger partial charge in [0.2, 0.25) is 5.91 Å². The summed E-state index contributed by atoms with van der Waals surface area (Å²) in [6.45, 7) is 3.24. The SMILES string of the molecule is Cc1cc(C)n(CC(=O)Nc2ccc(F)cc2N)c(=O)n1. The van der Waals surface area contributed by atoms with Gasteiger partial charge in [-0.15, -0.1) is 0 Å². The first-order valence-corrected chi connectivity index (χ1v) is 6.27. The molecule has 3 N–H and O–H groups in total. The van der Waals surface area contributed by atoms with Crippen molar-refractivity contribution < 1.29 is 9.18 Å². The van der Waals surface area contributed by atoms with Crippen molar-refractivity contribution in [1.82, 2.24) is 9.55 Å². The predicted octanol–water partition coefficient (Wildman–Crippen LogP) is 1.22. The number of carbonyl (C=O) groups excluding carboxylic acids is 1. The number of nitrogen functional groups attached to an aromatic ring is 1. The van der Waals surface area contributed by atoms with Gasteiger partial charge in [-0.05, 0) is 38.1 Å². The second-order valence-electron chi connectivity index (χ2n) is 4.69. The molecule has 0 saturated heterocycles. The molecule has 0 saturated carbocycles. The summed E-state index contributed by atoms with van der Waals surface area (Å²) in [7, 11) is 0. The zero-order valence-electron chi connectivity index (χ0n) is 11.7. The monoisotopic (exact) mass is 290 g/mol. The van der Waals surface area contributed by atoms with Crippen LogP contribution in [0.1, 0.15) is 11.4 Å². The molecule has 0 spiro atoms. The van der Waals surface area contributed by atoms with Crippen LogP contribution >= 0.6 is 0 Å². The first kappa shape index (κ1) is 14.7. The molecule has 0 bridgehead atoms. The second-order valence-corrected chi connectivity index (χ2v) is 4.69. The van der Waals surface area contributed by atoms with Crippen molar-refractivity contribution >= 4 is 17.3 Å². The Labute approximate surface area is 120 Å². The number of benzene rings is 1. The number of anilines is 2. The summed E-state index contributed by atoms with van der Waals surface area (Å²) in [5.74, 6) is -0.926. The van der Waals surface area contributed by atoms with E-state index in [0.29, 0.717) is 17.1 Å². The number of nitrogens with two attached hydrogens (primary N) is 1. The molecule has 110 valence electrons. The van der Waals surface area contributed by atoms with Crippen LogP contribution in [0.5, 0.6) is 0 Å². The smallest absolute Gasteiger partial charge is 0.348 e. The summed E-state index contributed by atoms with van der Waals surface area (Å²) in [4.78, 5) is 27.5. The highest BCUT2D eigenvalue weighted by Crippen LogP contribution is 2.18. The van der Waals surface area contributed by atoms with Crippen LogP contribution in [0.3, 0.4) is 0 Å². The first-order valence-electron chi connectivity index (χ1n) is 6.27. The van der Waals surface area contributed by atoms with E-state index in [1.165, 1.54) is 16.7 Å². The minimum Gasteiger partial charge on any atom is -0.397 e. The molecule has 2 rings (SSSR count). The number of nitrogens with zero attached hydrogens (tertiary/aromatic N) is 2. The van der Waals surface area contributed by atoms with Crippen LogP contribution in [0.15, 0.2) is 29.1 Å². The predicted molar refractivity (Wildman–Crippen MR) is 77.4 cm³/mol. The average molecular weight is 290 g/mol. The zero-order valence-corrected chi connectivity index (χ0v) is 11.7. The highest BCUT2D eigenvalue weighted by molar-refractivity contribution is 5.93. The van der Waals surface area contributed by atoms with Gasteiger partial charge >= 0.3 is 5.69 Å². The fraction of sp³-hybridized carbons (Fsp3) is 0.214. The van der Waals surface area contributed by atoms with Crippen molar-refractivity contribution in [2.45, 2.75) is 20.4 Å². The molecule has 0 aliphatic heterocycles. The number of aryl methyl sites for hydroxylation is 2. The van der Waals surface area contributed by atoms with E-state index >= 15 is 0 Å². The Kier molecular flexibility index (Phi) is 4.02. The summed E-state index contributed by atoms with van der Waals surface area (Å²) in [5.41, 5.74) is 6.76. The van der Waals surface area contributed by atoms with Crippen molar-refractivity contribution in [3.8, 4) is 0 Å². The van der Waals surface area contributed by atoms with Gasteiger partial charge in [0, 0.05) is 11.4 Å². The highest BCUT2D eigenvalue weighted by Gasteiger charge is 2.10. The lowest BCUT2D eigenvalue weighted by molar-refractivity contribution is -0.116. The van der Waals surface area contributed by atoms with Gasteiger partial charge in [0.1, 0.15) is 12.4 Å². The van der Waals surface area contributed by atoms with Crippen LogP contribution < -0.4 is 16.7 Å². The number of halogens is 1. The summed E-state index contributed by atoms with van der Waals surface area (Å²) in [6, 6.07) is 5.38. The summed E-state index contributed by atoms with van der Waals surface area (Å²) < 4.78 is 14.2. The maximum absolute atomic E-state index is 12.9. The van der Waals surface area contributed by atoms with Gasteiger partial charge in [-0.2, -0.15) is 4.98 Å². The fourth-order valence-corrected chi connectivity index (χ4v) is 1.95. The molecule has 7 heteroatoms. The lowest BCUT2D eigenvalue weighted by Gasteiger charge is -2.11. The van der Waals surface area contributed by atoms with Gasteiger partial charge in [-0.1, -0.05) is 0 Å². The molecule has 1 heterocycles. The van der Waals surface area contributed by atoms with Crippen molar-refractivity contribution in [1.29, 1.82) is 0 Å². The van der Waals surface area contributed by atoms with Crippen LogP contribution in [-0.2, 0) is 11.3 Å². The number of hydrogen-bond donors (Lipinski definition) is 2. The van der Waals surface area contributed by atoms with E-state index in [-0.39, 0.29) is 12.2 Å². The fourth-order valence-electron chi connectivity index (χ4n) is 1.95. The van der Waals surface area contributed by atoms with Crippen LogP contribution in [-0.4, -0.2) is 15.5 Å². The van der Waals surface area contributed by atoms with Gasteiger partial charge in [-0.25, -0.2) is 9.18 Å². The maximum Gasteiger partial charge on any atom is 0.348 e. The third-order valence-electron chi connectivity index (χ3n) is 2.94. The number of nitrogens with one attached hydrogen (secondary N) is 1. The Morgan fingerprint density at radius 3 is 2.71 bits per heavy atom. The van der Waals surface area contributed by atoms with E-state index in [1.54, 1.807) is 19.9 Å². The van der Waals surface area contributed by atoms with Crippen molar-refractivity contribution in [3.63, 3.8) is 0 Å². The molecule has 6 nitrogen and oxygen atoms in total. The average Bonchev–Trinajstić information content (AvgIpc) is 2.37. The van der Waals surface area contributed by atoms with Gasteiger partial charge < -0.3 is 11.1 Å². The van der Waals surface area contributed by atoms with Crippen molar-refractivity contribution in [2.24, 2.45) is 0 Å². The van der Waals surface area contributed by atoms with E-state index in [0.717, 1.165) is 6.07 Å². The molecular weight excluding hydrogens is 275 g/mol. The van der Waals surface area contributed by atoms with E-state index in [4.69, 9.17) is 5.73 Å². The van der Waals surface area contributed by atoms with Gasteiger partial charge in [0.15, 0.2) is 0 Å². The molecule has 1 aromatic carbocycles. The maximum atomic E-state index is 12.9. The second kappa shape index (κ2) is 5.74. The van der Waals surface area contributed by atoms with Crippen LogP contribution in [0.2, 0.25) is 0 Å². The molecule has 0 fully saturated rings. The number of hydrogen-bond acceptors (Lipinski definition) is 4. The molecule has 1 amide bonds. The molecule has 0 aliphatic carbocycles. The van der Waals surface area contributed by atoms with E-state index in [2.05, 4.69) is 10.3 Å². The molecular formula is C14H15FN4O2.